The van der Waals surface area contributed by atoms with E-state index in [1.165, 1.54) is 18.2 Å². The van der Waals surface area contributed by atoms with E-state index in [9.17, 15) is 4.39 Å². The molecule has 0 bridgehead atoms. The zero-order valence-corrected chi connectivity index (χ0v) is 11.1. The van der Waals surface area contributed by atoms with Crippen LogP contribution in [0.15, 0.2) is 42.5 Å². The first-order chi connectivity index (χ1) is 9.60. The summed E-state index contributed by atoms with van der Waals surface area (Å²) >= 11 is 0. The predicted molar refractivity (Wildman–Crippen MR) is 74.5 cm³/mol. The maximum atomic E-state index is 13.2. The molecule has 1 atom stereocenters. The predicted octanol–water partition coefficient (Wildman–Crippen LogP) is 3.30. The van der Waals surface area contributed by atoms with E-state index in [4.69, 9.17) is 15.7 Å². The summed E-state index contributed by atoms with van der Waals surface area (Å²) < 4.78 is 18.8. The van der Waals surface area contributed by atoms with Crippen molar-refractivity contribution in [2.24, 2.45) is 5.73 Å². The maximum absolute atomic E-state index is 13.2. The number of hydrogen-bond donors (Lipinski definition) is 1. The van der Waals surface area contributed by atoms with Crippen LogP contribution in [0, 0.1) is 17.1 Å². The minimum Gasteiger partial charge on any atom is -0.489 e. The molecule has 2 aromatic rings. The van der Waals surface area contributed by atoms with Crippen LogP contribution in [0.5, 0.6) is 5.75 Å². The lowest BCUT2D eigenvalue weighted by Gasteiger charge is -2.11. The highest BCUT2D eigenvalue weighted by Crippen LogP contribution is 2.20. The van der Waals surface area contributed by atoms with Gasteiger partial charge in [0.1, 0.15) is 18.2 Å². The third-order valence-electron chi connectivity index (χ3n) is 2.97. The molecule has 0 spiro atoms. The van der Waals surface area contributed by atoms with E-state index in [2.05, 4.69) is 0 Å². The number of halogens is 1. The van der Waals surface area contributed by atoms with Crippen molar-refractivity contribution in [3.63, 3.8) is 0 Å². The number of nitriles is 1. The van der Waals surface area contributed by atoms with E-state index < -0.39 is 0 Å². The van der Waals surface area contributed by atoms with Crippen molar-refractivity contribution >= 4 is 0 Å². The first-order valence-electron chi connectivity index (χ1n) is 6.27. The number of rotatable bonds is 4. The molecule has 3 nitrogen and oxygen atoms in total. The monoisotopic (exact) mass is 270 g/mol. The molecular formula is C16H15FN2O. The van der Waals surface area contributed by atoms with Crippen LogP contribution in [0.25, 0.3) is 0 Å². The van der Waals surface area contributed by atoms with E-state index in [1.54, 1.807) is 6.07 Å². The summed E-state index contributed by atoms with van der Waals surface area (Å²) in [6.45, 7) is 2.03. The zero-order chi connectivity index (χ0) is 14.5. The molecule has 0 amide bonds. The molecule has 20 heavy (non-hydrogen) atoms. The number of benzene rings is 2. The molecule has 0 aliphatic carbocycles. The molecule has 0 fully saturated rings. The summed E-state index contributed by atoms with van der Waals surface area (Å²) in [5.41, 5.74) is 7.71. The first-order valence-corrected chi connectivity index (χ1v) is 6.27. The molecule has 4 heteroatoms. The molecule has 0 aromatic heterocycles. The van der Waals surface area contributed by atoms with Crippen LogP contribution in [0.1, 0.15) is 29.7 Å². The summed E-state index contributed by atoms with van der Waals surface area (Å²) in [4.78, 5) is 0. The Morgan fingerprint density at radius 2 is 2.10 bits per heavy atom. The Bertz CT molecular complexity index is 647. The van der Waals surface area contributed by atoms with Gasteiger partial charge in [0.2, 0.25) is 0 Å². The van der Waals surface area contributed by atoms with E-state index in [0.717, 1.165) is 5.56 Å². The van der Waals surface area contributed by atoms with Crippen LogP contribution in [0.4, 0.5) is 4.39 Å². The van der Waals surface area contributed by atoms with Crippen molar-refractivity contribution in [1.29, 1.82) is 5.26 Å². The molecule has 0 saturated carbocycles. The van der Waals surface area contributed by atoms with E-state index in [0.29, 0.717) is 16.9 Å². The highest BCUT2D eigenvalue weighted by molar-refractivity contribution is 5.38. The molecule has 2 rings (SSSR count). The van der Waals surface area contributed by atoms with Crippen LogP contribution in [0.2, 0.25) is 0 Å². The Labute approximate surface area is 117 Å². The highest BCUT2D eigenvalue weighted by Gasteiger charge is 2.06. The Balaban J connectivity index is 2.15. The fraction of sp³-hybridized carbons (Fsp3) is 0.188. The van der Waals surface area contributed by atoms with Crippen molar-refractivity contribution in [3.8, 4) is 11.8 Å². The van der Waals surface area contributed by atoms with Gasteiger partial charge in [0.25, 0.3) is 0 Å². The van der Waals surface area contributed by atoms with Gasteiger partial charge in [-0.2, -0.15) is 5.26 Å². The van der Waals surface area contributed by atoms with Crippen LogP contribution in [-0.2, 0) is 6.61 Å². The number of nitrogens with zero attached hydrogens (tertiary/aromatic N) is 1. The van der Waals surface area contributed by atoms with Gasteiger partial charge in [-0.25, -0.2) is 4.39 Å². The van der Waals surface area contributed by atoms with Gasteiger partial charge in [-0.1, -0.05) is 12.1 Å². The molecule has 2 N–H and O–H groups in total. The molecule has 0 aliphatic rings. The van der Waals surface area contributed by atoms with Gasteiger partial charge in [0, 0.05) is 11.6 Å². The molecule has 0 radical (unpaired) electrons. The van der Waals surface area contributed by atoms with Gasteiger partial charge >= 0.3 is 0 Å². The Hall–Kier alpha value is -2.38. The van der Waals surface area contributed by atoms with Gasteiger partial charge in [0.15, 0.2) is 0 Å². The lowest BCUT2D eigenvalue weighted by Crippen LogP contribution is -2.05. The van der Waals surface area contributed by atoms with Gasteiger partial charge in [-0.05, 0) is 42.8 Å². The van der Waals surface area contributed by atoms with Crippen molar-refractivity contribution in [1.82, 2.24) is 0 Å². The van der Waals surface area contributed by atoms with E-state index in [1.807, 2.05) is 31.2 Å². The normalized spacial score (nSPS) is 11.7. The van der Waals surface area contributed by atoms with Crippen molar-refractivity contribution in [2.45, 2.75) is 19.6 Å². The van der Waals surface area contributed by atoms with Crippen LogP contribution in [-0.4, -0.2) is 0 Å². The summed E-state index contributed by atoms with van der Waals surface area (Å²) in [6, 6.07) is 13.4. The lowest BCUT2D eigenvalue weighted by atomic mass is 10.1. The Kier molecular flexibility index (Phi) is 4.34. The third kappa shape index (κ3) is 3.34. The smallest absolute Gasteiger partial charge is 0.123 e. The van der Waals surface area contributed by atoms with E-state index >= 15 is 0 Å². The molecule has 0 saturated heterocycles. The minimum atomic E-state index is -0.382. The topological polar surface area (TPSA) is 59.0 Å². The van der Waals surface area contributed by atoms with Gasteiger partial charge in [-0.3, -0.25) is 0 Å². The second-order valence-corrected chi connectivity index (χ2v) is 4.56. The van der Waals surface area contributed by atoms with Crippen molar-refractivity contribution < 1.29 is 9.13 Å². The SMILES string of the molecule is C[C@H](N)c1cccc(OCc2cc(F)ccc2C#N)c1. The standard InChI is InChI=1S/C16H15FN2O/c1-11(19)12-3-2-4-16(8-12)20-10-14-7-15(17)6-5-13(14)9-18/h2-8,11H,10,19H2,1H3/t11-/m0/s1. The van der Waals surface area contributed by atoms with Crippen LogP contribution < -0.4 is 10.5 Å². The highest BCUT2D eigenvalue weighted by atomic mass is 19.1. The Morgan fingerprint density at radius 3 is 2.80 bits per heavy atom. The quantitative estimate of drug-likeness (QED) is 0.927. The van der Waals surface area contributed by atoms with Gasteiger partial charge in [-0.15, -0.1) is 0 Å². The summed E-state index contributed by atoms with van der Waals surface area (Å²) in [6.07, 6.45) is 0. The fourth-order valence-electron chi connectivity index (χ4n) is 1.84. The largest absolute Gasteiger partial charge is 0.489 e. The molecule has 102 valence electrons. The molecule has 0 aliphatic heterocycles. The summed E-state index contributed by atoms with van der Waals surface area (Å²) in [5, 5.41) is 8.98. The average Bonchev–Trinajstić information content (AvgIpc) is 2.45. The molecule has 2 aromatic carbocycles. The second kappa shape index (κ2) is 6.18. The molecular weight excluding hydrogens is 255 g/mol. The van der Waals surface area contributed by atoms with Gasteiger partial charge < -0.3 is 10.5 Å². The number of hydrogen-bond acceptors (Lipinski definition) is 3. The van der Waals surface area contributed by atoms with Gasteiger partial charge in [0.05, 0.1) is 11.6 Å². The minimum absolute atomic E-state index is 0.0811. The summed E-state index contributed by atoms with van der Waals surface area (Å²) in [5.74, 6) is 0.264. The van der Waals surface area contributed by atoms with E-state index in [-0.39, 0.29) is 18.5 Å². The van der Waals surface area contributed by atoms with Crippen molar-refractivity contribution in [3.05, 3.63) is 65.0 Å². The molecule has 0 unspecified atom stereocenters. The second-order valence-electron chi connectivity index (χ2n) is 4.56. The zero-order valence-electron chi connectivity index (χ0n) is 11.1. The fourth-order valence-corrected chi connectivity index (χ4v) is 1.84. The lowest BCUT2D eigenvalue weighted by molar-refractivity contribution is 0.305. The number of nitrogens with two attached hydrogens (primary N) is 1. The number of ether oxygens (including phenoxy) is 1. The van der Waals surface area contributed by atoms with Crippen molar-refractivity contribution in [2.75, 3.05) is 0 Å². The third-order valence-corrected chi connectivity index (χ3v) is 2.97. The summed E-state index contributed by atoms with van der Waals surface area (Å²) in [7, 11) is 0. The molecule has 0 heterocycles. The Morgan fingerprint density at radius 1 is 1.30 bits per heavy atom. The average molecular weight is 270 g/mol. The van der Waals surface area contributed by atoms with Crippen LogP contribution >= 0.6 is 0 Å². The van der Waals surface area contributed by atoms with Crippen LogP contribution in [0.3, 0.4) is 0 Å². The maximum Gasteiger partial charge on any atom is 0.123 e. The first kappa shape index (κ1) is 14.0.